The van der Waals surface area contributed by atoms with Gasteiger partial charge in [-0.2, -0.15) is 5.06 Å². The van der Waals surface area contributed by atoms with Crippen LogP contribution in [0.2, 0.25) is 0 Å². The fraction of sp³-hybridized carbons (Fsp3) is 0.381. The van der Waals surface area contributed by atoms with Crippen molar-refractivity contribution < 1.29 is 4.84 Å². The molecule has 0 saturated carbocycles. The van der Waals surface area contributed by atoms with E-state index >= 15 is 0 Å². The summed E-state index contributed by atoms with van der Waals surface area (Å²) in [5, 5.41) is 1.98. The normalized spacial score (nSPS) is 11.4. The van der Waals surface area contributed by atoms with E-state index < -0.39 is 0 Å². The Morgan fingerprint density at radius 2 is 1.76 bits per heavy atom. The fourth-order valence-corrected chi connectivity index (χ4v) is 2.57. The summed E-state index contributed by atoms with van der Waals surface area (Å²) in [6.07, 6.45) is 1.89. The summed E-state index contributed by atoms with van der Waals surface area (Å²) >= 11 is 0. The summed E-state index contributed by atoms with van der Waals surface area (Å²) in [4.78, 5) is 12.2. The molecule has 0 heterocycles. The molecule has 2 aromatic rings. The van der Waals surface area contributed by atoms with Crippen LogP contribution in [0.3, 0.4) is 0 Å². The van der Waals surface area contributed by atoms with Gasteiger partial charge in [0.05, 0.1) is 19.1 Å². The summed E-state index contributed by atoms with van der Waals surface area (Å²) in [6, 6.07) is 14.7. The van der Waals surface area contributed by atoms with E-state index in [1.54, 1.807) is 7.11 Å². The Morgan fingerprint density at radius 3 is 2.40 bits per heavy atom. The largest absolute Gasteiger partial charge is 0.366 e. The van der Waals surface area contributed by atoms with Gasteiger partial charge in [-0.1, -0.05) is 36.4 Å². The third kappa shape index (κ3) is 5.69. The second-order valence-electron chi connectivity index (χ2n) is 6.35. The molecule has 0 N–H and O–H groups in total. The predicted octanol–water partition coefficient (Wildman–Crippen LogP) is 4.48. The number of nitrogens with zero attached hydrogens (tertiary/aromatic N) is 3. The third-order valence-electron chi connectivity index (χ3n) is 4.35. The first-order chi connectivity index (χ1) is 12.0. The molecule has 0 aliphatic heterocycles. The molecule has 0 bridgehead atoms. The van der Waals surface area contributed by atoms with Crippen LogP contribution in [0.25, 0.3) is 0 Å². The molecule has 0 spiro atoms. The molecule has 0 unspecified atom stereocenters. The van der Waals surface area contributed by atoms with Crippen molar-refractivity contribution in [1.82, 2.24) is 9.96 Å². The van der Waals surface area contributed by atoms with Crippen LogP contribution < -0.4 is 0 Å². The molecule has 0 saturated heterocycles. The molecule has 0 fully saturated rings. The molecule has 4 heteroatoms. The van der Waals surface area contributed by atoms with Gasteiger partial charge in [0.1, 0.15) is 0 Å². The number of hydrogen-bond donors (Lipinski definition) is 0. The van der Waals surface area contributed by atoms with Crippen LogP contribution in [-0.2, 0) is 17.9 Å². The zero-order chi connectivity index (χ0) is 18.2. The molecule has 4 nitrogen and oxygen atoms in total. The van der Waals surface area contributed by atoms with Crippen molar-refractivity contribution in [2.24, 2.45) is 4.99 Å². The van der Waals surface area contributed by atoms with Crippen molar-refractivity contribution in [3.05, 3.63) is 64.7 Å². The Kier molecular flexibility index (Phi) is 7.16. The quantitative estimate of drug-likeness (QED) is 0.403. The average molecular weight is 339 g/mol. The van der Waals surface area contributed by atoms with Gasteiger partial charge in [0.2, 0.25) is 0 Å². The van der Waals surface area contributed by atoms with Gasteiger partial charge in [-0.05, 0) is 49.1 Å². The minimum absolute atomic E-state index is 0.747. The Balaban J connectivity index is 2.13. The van der Waals surface area contributed by atoms with E-state index in [4.69, 9.17) is 4.84 Å². The second-order valence-corrected chi connectivity index (χ2v) is 6.35. The van der Waals surface area contributed by atoms with E-state index in [1.807, 2.05) is 24.5 Å². The van der Waals surface area contributed by atoms with Crippen LogP contribution >= 0.6 is 0 Å². The maximum absolute atomic E-state index is 5.57. The molecule has 134 valence electrons. The van der Waals surface area contributed by atoms with Gasteiger partial charge in [-0.25, -0.2) is 4.99 Å². The van der Waals surface area contributed by atoms with Gasteiger partial charge in [0.25, 0.3) is 0 Å². The Hall–Kier alpha value is -2.17. The first-order valence-electron chi connectivity index (χ1n) is 8.71. The molecule has 2 rings (SSSR count). The van der Waals surface area contributed by atoms with Crippen molar-refractivity contribution in [3.8, 4) is 0 Å². The van der Waals surface area contributed by atoms with Crippen molar-refractivity contribution in [2.75, 3.05) is 20.7 Å². The van der Waals surface area contributed by atoms with Gasteiger partial charge >= 0.3 is 0 Å². The van der Waals surface area contributed by atoms with Gasteiger partial charge in [0.15, 0.2) is 0 Å². The highest BCUT2D eigenvalue weighted by Crippen LogP contribution is 2.24. The molecule has 0 aliphatic carbocycles. The summed E-state index contributed by atoms with van der Waals surface area (Å²) < 4.78 is 0. The van der Waals surface area contributed by atoms with Gasteiger partial charge in [-0.3, -0.25) is 0 Å². The first kappa shape index (κ1) is 19.2. The summed E-state index contributed by atoms with van der Waals surface area (Å²) in [6.45, 7) is 8.80. The molecule has 25 heavy (non-hydrogen) atoms. The molecular weight excluding hydrogens is 310 g/mol. The fourth-order valence-electron chi connectivity index (χ4n) is 2.57. The Bertz CT molecular complexity index is 698. The van der Waals surface area contributed by atoms with Crippen LogP contribution in [-0.4, -0.2) is 37.0 Å². The lowest BCUT2D eigenvalue weighted by Gasteiger charge is -2.21. The molecule has 0 amide bonds. The standard InChI is InChI=1S/C21H29N3O/c1-6-23(4)16-22-21-13-17(2)20(12-18(21)3)15-24(25-5)14-19-10-8-7-9-11-19/h7-13,16H,6,14-15H2,1-5H3/b22-16+. The van der Waals surface area contributed by atoms with Crippen molar-refractivity contribution >= 4 is 12.0 Å². The van der Waals surface area contributed by atoms with Crippen molar-refractivity contribution in [1.29, 1.82) is 0 Å². The van der Waals surface area contributed by atoms with E-state index in [0.717, 1.165) is 25.3 Å². The van der Waals surface area contributed by atoms with E-state index in [2.05, 4.69) is 67.1 Å². The Morgan fingerprint density at radius 1 is 1.04 bits per heavy atom. The molecule has 0 aromatic heterocycles. The number of hydrogen-bond acceptors (Lipinski definition) is 3. The SMILES string of the molecule is CCN(C)/C=N/c1cc(C)c(CN(Cc2ccccc2)OC)cc1C. The van der Waals surface area contributed by atoms with E-state index in [-0.39, 0.29) is 0 Å². The molecule has 2 aromatic carbocycles. The number of rotatable bonds is 8. The summed E-state index contributed by atoms with van der Waals surface area (Å²) in [5.74, 6) is 0. The Labute approximate surface area is 151 Å². The van der Waals surface area contributed by atoms with Gasteiger partial charge in [-0.15, -0.1) is 0 Å². The number of benzene rings is 2. The molecular formula is C21H29N3O. The van der Waals surface area contributed by atoms with Gasteiger partial charge in [0, 0.05) is 26.7 Å². The molecule has 0 aliphatic rings. The maximum atomic E-state index is 5.57. The van der Waals surface area contributed by atoms with Gasteiger partial charge < -0.3 is 9.74 Å². The lowest BCUT2D eigenvalue weighted by Crippen LogP contribution is -2.22. The summed E-state index contributed by atoms with van der Waals surface area (Å²) in [7, 11) is 3.75. The number of aryl methyl sites for hydroxylation is 2. The average Bonchev–Trinajstić information content (AvgIpc) is 2.63. The van der Waals surface area contributed by atoms with Crippen LogP contribution in [0.4, 0.5) is 5.69 Å². The highest BCUT2D eigenvalue weighted by Gasteiger charge is 2.10. The number of aliphatic imine (C=N–C) groups is 1. The van der Waals surface area contributed by atoms with Crippen molar-refractivity contribution in [2.45, 2.75) is 33.9 Å². The van der Waals surface area contributed by atoms with Crippen LogP contribution in [0.1, 0.15) is 29.2 Å². The molecule has 0 atom stereocenters. The monoisotopic (exact) mass is 339 g/mol. The minimum Gasteiger partial charge on any atom is -0.366 e. The lowest BCUT2D eigenvalue weighted by molar-refractivity contribution is -0.146. The topological polar surface area (TPSA) is 28.1 Å². The lowest BCUT2D eigenvalue weighted by atomic mass is 10.0. The van der Waals surface area contributed by atoms with E-state index in [1.165, 1.54) is 22.3 Å². The van der Waals surface area contributed by atoms with E-state index in [9.17, 15) is 0 Å². The second kappa shape index (κ2) is 9.35. The van der Waals surface area contributed by atoms with Crippen LogP contribution in [0.15, 0.2) is 47.5 Å². The third-order valence-corrected chi connectivity index (χ3v) is 4.35. The van der Waals surface area contributed by atoms with Crippen LogP contribution in [0, 0.1) is 13.8 Å². The van der Waals surface area contributed by atoms with Crippen LogP contribution in [0.5, 0.6) is 0 Å². The maximum Gasteiger partial charge on any atom is 0.0909 e. The smallest absolute Gasteiger partial charge is 0.0909 e. The predicted molar refractivity (Wildman–Crippen MR) is 105 cm³/mol. The highest BCUT2D eigenvalue weighted by atomic mass is 16.7. The zero-order valence-electron chi connectivity index (χ0n) is 16.0. The van der Waals surface area contributed by atoms with E-state index in [0.29, 0.717) is 0 Å². The van der Waals surface area contributed by atoms with Crippen molar-refractivity contribution in [3.63, 3.8) is 0 Å². The zero-order valence-corrected chi connectivity index (χ0v) is 16.0. The number of hydroxylamine groups is 2. The minimum atomic E-state index is 0.747. The summed E-state index contributed by atoms with van der Waals surface area (Å²) in [5.41, 5.74) is 5.93. The first-order valence-corrected chi connectivity index (χ1v) is 8.71. The molecule has 0 radical (unpaired) electrons. The highest BCUT2D eigenvalue weighted by molar-refractivity contribution is 5.63.